The van der Waals surface area contributed by atoms with E-state index in [1.807, 2.05) is 0 Å². The maximum atomic E-state index is 13.4. The summed E-state index contributed by atoms with van der Waals surface area (Å²) in [6.45, 7) is 0.147. The zero-order valence-electron chi connectivity index (χ0n) is 8.53. The quantitative estimate of drug-likeness (QED) is 0.617. The molecule has 1 aromatic rings. The largest absolute Gasteiger partial charge is 0.395 e. The van der Waals surface area contributed by atoms with Gasteiger partial charge in [0.05, 0.1) is 6.61 Å². The summed E-state index contributed by atoms with van der Waals surface area (Å²) >= 11 is 0. The van der Waals surface area contributed by atoms with Gasteiger partial charge in [-0.2, -0.15) is 0 Å². The number of aliphatic hydroxyl groups excluding tert-OH is 1. The summed E-state index contributed by atoms with van der Waals surface area (Å²) in [6, 6.07) is 0.114. The maximum absolute atomic E-state index is 13.4. The second-order valence-corrected chi connectivity index (χ2v) is 3.77. The van der Waals surface area contributed by atoms with Crippen LogP contribution < -0.4 is 5.73 Å². The summed E-state index contributed by atoms with van der Waals surface area (Å²) in [5, 5.41) is 9.01. The Morgan fingerprint density at radius 2 is 1.62 bits per heavy atom. The molecule has 2 nitrogen and oxygen atoms in total. The lowest BCUT2D eigenvalue weighted by atomic mass is 9.82. The molecule has 0 saturated carbocycles. The van der Waals surface area contributed by atoms with Crippen molar-refractivity contribution in [3.63, 3.8) is 0 Å². The van der Waals surface area contributed by atoms with Gasteiger partial charge < -0.3 is 10.8 Å². The lowest BCUT2D eigenvalue weighted by Gasteiger charge is -2.27. The molecule has 16 heavy (non-hydrogen) atoms. The molecule has 0 amide bonds. The lowest BCUT2D eigenvalue weighted by molar-refractivity contribution is 0.200. The summed E-state index contributed by atoms with van der Waals surface area (Å²) in [7, 11) is 0. The third-order valence-corrected chi connectivity index (χ3v) is 2.51. The van der Waals surface area contributed by atoms with Crippen molar-refractivity contribution in [3.8, 4) is 0 Å². The molecule has 1 rings (SSSR count). The Morgan fingerprint density at radius 1 is 1.19 bits per heavy atom. The number of rotatable bonds is 3. The fourth-order valence-electron chi connectivity index (χ4n) is 1.35. The van der Waals surface area contributed by atoms with Gasteiger partial charge in [0.15, 0.2) is 23.3 Å². The van der Waals surface area contributed by atoms with Gasteiger partial charge in [-0.15, -0.1) is 0 Å². The van der Waals surface area contributed by atoms with E-state index in [4.69, 9.17) is 10.8 Å². The average molecular weight is 237 g/mol. The van der Waals surface area contributed by atoms with Gasteiger partial charge in [0.2, 0.25) is 0 Å². The highest BCUT2D eigenvalue weighted by atomic mass is 19.2. The molecule has 1 unspecified atom stereocenters. The molecule has 3 N–H and O–H groups in total. The first-order valence-corrected chi connectivity index (χ1v) is 4.51. The number of aliphatic hydroxyl groups is 1. The molecular formula is C10H11F4NO. The molecular weight excluding hydrogens is 226 g/mol. The van der Waals surface area contributed by atoms with Crippen molar-refractivity contribution in [1.29, 1.82) is 0 Å². The van der Waals surface area contributed by atoms with Crippen LogP contribution in [-0.2, 0) is 5.41 Å². The van der Waals surface area contributed by atoms with Crippen molar-refractivity contribution in [2.24, 2.45) is 5.73 Å². The first-order valence-electron chi connectivity index (χ1n) is 4.51. The number of hydrogen-bond donors (Lipinski definition) is 2. The number of benzene rings is 1. The molecule has 0 aliphatic heterocycles. The van der Waals surface area contributed by atoms with Crippen molar-refractivity contribution in [3.05, 3.63) is 34.9 Å². The van der Waals surface area contributed by atoms with Gasteiger partial charge in [-0.1, -0.05) is 6.92 Å². The summed E-state index contributed by atoms with van der Waals surface area (Å²) in [5.74, 6) is -6.08. The van der Waals surface area contributed by atoms with E-state index in [-0.39, 0.29) is 12.6 Å². The predicted octanol–water partition coefficient (Wildman–Crippen LogP) is 1.45. The van der Waals surface area contributed by atoms with E-state index in [0.717, 1.165) is 0 Å². The van der Waals surface area contributed by atoms with Crippen molar-refractivity contribution in [2.45, 2.75) is 12.3 Å². The van der Waals surface area contributed by atoms with E-state index < -0.39 is 40.9 Å². The minimum Gasteiger partial charge on any atom is -0.395 e. The van der Waals surface area contributed by atoms with Crippen molar-refractivity contribution >= 4 is 0 Å². The molecule has 90 valence electrons. The zero-order chi connectivity index (χ0) is 12.5. The van der Waals surface area contributed by atoms with Gasteiger partial charge >= 0.3 is 0 Å². The Hall–Kier alpha value is -1.14. The molecule has 6 heteroatoms. The van der Waals surface area contributed by atoms with Gasteiger partial charge in [0, 0.05) is 23.6 Å². The number of nitrogens with two attached hydrogens (primary N) is 1. The molecule has 0 spiro atoms. The lowest BCUT2D eigenvalue weighted by Crippen LogP contribution is -2.38. The molecule has 0 fully saturated rings. The Labute approximate surface area is 89.7 Å². The summed E-state index contributed by atoms with van der Waals surface area (Å²) < 4.78 is 52.6. The first kappa shape index (κ1) is 12.9. The van der Waals surface area contributed by atoms with Gasteiger partial charge in [-0.3, -0.25) is 0 Å². The number of halogens is 4. The average Bonchev–Trinajstić information content (AvgIpc) is 2.26. The van der Waals surface area contributed by atoms with Gasteiger partial charge in [0.1, 0.15) is 0 Å². The maximum Gasteiger partial charge on any atom is 0.165 e. The molecule has 0 aromatic heterocycles. The molecule has 1 aromatic carbocycles. The van der Waals surface area contributed by atoms with Gasteiger partial charge in [0.25, 0.3) is 0 Å². The molecule has 0 aliphatic rings. The second kappa shape index (κ2) is 4.39. The van der Waals surface area contributed by atoms with Crippen LogP contribution in [0.1, 0.15) is 12.5 Å². The minimum atomic E-state index is -1.56. The topological polar surface area (TPSA) is 46.2 Å². The summed E-state index contributed by atoms with van der Waals surface area (Å²) in [5.41, 5.74) is 2.83. The van der Waals surface area contributed by atoms with Crippen LogP contribution in [0.5, 0.6) is 0 Å². The molecule has 0 saturated heterocycles. The van der Waals surface area contributed by atoms with Crippen molar-refractivity contribution < 1.29 is 22.7 Å². The normalized spacial score (nSPS) is 14.9. The van der Waals surface area contributed by atoms with Crippen LogP contribution in [-0.4, -0.2) is 18.3 Å². The van der Waals surface area contributed by atoms with Crippen molar-refractivity contribution in [2.75, 3.05) is 13.2 Å². The minimum absolute atomic E-state index is 0.114. The monoisotopic (exact) mass is 237 g/mol. The smallest absolute Gasteiger partial charge is 0.165 e. The Morgan fingerprint density at radius 3 is 1.94 bits per heavy atom. The van der Waals surface area contributed by atoms with Crippen LogP contribution in [0.25, 0.3) is 0 Å². The zero-order valence-corrected chi connectivity index (χ0v) is 8.53. The van der Waals surface area contributed by atoms with Gasteiger partial charge in [-0.25, -0.2) is 17.6 Å². The van der Waals surface area contributed by atoms with Crippen LogP contribution in [0, 0.1) is 23.3 Å². The Kier molecular flexibility index (Phi) is 3.54. The highest BCUT2D eigenvalue weighted by Crippen LogP contribution is 2.30. The van der Waals surface area contributed by atoms with Crippen LogP contribution in [0.3, 0.4) is 0 Å². The van der Waals surface area contributed by atoms with E-state index >= 15 is 0 Å². The van der Waals surface area contributed by atoms with E-state index in [0.29, 0.717) is 0 Å². The molecule has 0 radical (unpaired) electrons. The first-order chi connectivity index (χ1) is 7.37. The molecule has 1 atom stereocenters. The summed E-state index contributed by atoms with van der Waals surface area (Å²) in [6.07, 6.45) is 0. The Balaban J connectivity index is 3.54. The third kappa shape index (κ3) is 1.90. The standard InChI is InChI=1S/C10H11F4NO/c1-10(3-15,4-16)7-8(13)5(11)2-6(12)9(7)14/h2,16H,3-4,15H2,1H3. The van der Waals surface area contributed by atoms with E-state index in [1.165, 1.54) is 6.92 Å². The summed E-state index contributed by atoms with van der Waals surface area (Å²) in [4.78, 5) is 0. The highest BCUT2D eigenvalue weighted by Gasteiger charge is 2.34. The highest BCUT2D eigenvalue weighted by molar-refractivity contribution is 5.30. The molecule has 0 bridgehead atoms. The van der Waals surface area contributed by atoms with Crippen molar-refractivity contribution in [1.82, 2.24) is 0 Å². The SMILES string of the molecule is CC(CN)(CO)c1c(F)c(F)cc(F)c1F. The van der Waals surface area contributed by atoms with E-state index in [2.05, 4.69) is 0 Å². The Bertz CT molecular complexity index is 378. The second-order valence-electron chi connectivity index (χ2n) is 3.77. The predicted molar refractivity (Wildman–Crippen MR) is 49.8 cm³/mol. The fourth-order valence-corrected chi connectivity index (χ4v) is 1.35. The van der Waals surface area contributed by atoms with Crippen LogP contribution in [0.2, 0.25) is 0 Å². The van der Waals surface area contributed by atoms with E-state index in [9.17, 15) is 17.6 Å². The van der Waals surface area contributed by atoms with Gasteiger partial charge in [-0.05, 0) is 0 Å². The number of hydrogen-bond acceptors (Lipinski definition) is 2. The molecule has 0 aliphatic carbocycles. The fraction of sp³-hybridized carbons (Fsp3) is 0.400. The van der Waals surface area contributed by atoms with Crippen LogP contribution >= 0.6 is 0 Å². The third-order valence-electron chi connectivity index (χ3n) is 2.51. The molecule has 0 heterocycles. The van der Waals surface area contributed by atoms with E-state index in [1.54, 1.807) is 0 Å². The van der Waals surface area contributed by atoms with Crippen LogP contribution in [0.15, 0.2) is 6.07 Å². The van der Waals surface area contributed by atoms with Crippen LogP contribution in [0.4, 0.5) is 17.6 Å².